The van der Waals surface area contributed by atoms with Gasteiger partial charge in [0, 0.05) is 32.5 Å². The number of aryl methyl sites for hydroxylation is 1. The Morgan fingerprint density at radius 3 is 3.17 bits per heavy atom. The molecule has 0 saturated carbocycles. The van der Waals surface area contributed by atoms with Gasteiger partial charge in [0.05, 0.1) is 36.8 Å². The molecule has 0 unspecified atom stereocenters. The van der Waals surface area contributed by atoms with Gasteiger partial charge in [-0.15, -0.1) is 5.10 Å². The Balaban J connectivity index is 1.46. The number of carbonyl (C=O) groups excluding carboxylic acids is 1. The number of piperidine rings is 1. The normalized spacial score (nSPS) is 23.3. The Labute approximate surface area is 137 Å². The molecule has 2 aliphatic rings. The molecule has 0 aromatic carbocycles. The van der Waals surface area contributed by atoms with E-state index in [-0.39, 0.29) is 18.1 Å². The van der Waals surface area contributed by atoms with Crippen molar-refractivity contribution in [2.45, 2.75) is 25.2 Å². The van der Waals surface area contributed by atoms with Crippen LogP contribution < -0.4 is 0 Å². The van der Waals surface area contributed by atoms with Crippen LogP contribution in [0, 0.1) is 0 Å². The van der Waals surface area contributed by atoms with Gasteiger partial charge in [0.1, 0.15) is 11.2 Å². The van der Waals surface area contributed by atoms with Gasteiger partial charge in [-0.1, -0.05) is 5.21 Å². The van der Waals surface area contributed by atoms with Crippen molar-refractivity contribution in [3.05, 3.63) is 36.0 Å². The number of likely N-dealkylation sites (tertiary alicyclic amines) is 1. The van der Waals surface area contributed by atoms with Gasteiger partial charge in [0.25, 0.3) is 5.91 Å². The monoisotopic (exact) mass is 327 g/mol. The van der Waals surface area contributed by atoms with E-state index in [0.717, 1.165) is 17.8 Å². The third kappa shape index (κ3) is 1.84. The second-order valence-corrected chi connectivity index (χ2v) is 6.36. The van der Waals surface area contributed by atoms with Crippen LogP contribution in [0.4, 0.5) is 0 Å². The van der Waals surface area contributed by atoms with Crippen LogP contribution >= 0.6 is 0 Å². The van der Waals surface area contributed by atoms with Crippen molar-refractivity contribution in [3.8, 4) is 0 Å². The van der Waals surface area contributed by atoms with E-state index in [1.807, 2.05) is 33.6 Å². The van der Waals surface area contributed by atoms with Crippen LogP contribution in [0.3, 0.4) is 0 Å². The third-order valence-corrected chi connectivity index (χ3v) is 4.98. The molecule has 5 heterocycles. The number of hydrogen-bond donors (Lipinski definition) is 0. The van der Waals surface area contributed by atoms with Crippen LogP contribution in [0.1, 0.15) is 28.5 Å². The first-order chi connectivity index (χ1) is 11.7. The summed E-state index contributed by atoms with van der Waals surface area (Å²) in [5, 5.41) is 12.4. The zero-order chi connectivity index (χ0) is 16.3. The molecule has 3 aromatic rings. The second-order valence-electron chi connectivity index (χ2n) is 6.36. The van der Waals surface area contributed by atoms with E-state index in [2.05, 4.69) is 15.4 Å². The topological polar surface area (TPSA) is 82.5 Å². The Morgan fingerprint density at radius 1 is 1.33 bits per heavy atom. The maximum Gasteiger partial charge on any atom is 0.259 e. The van der Waals surface area contributed by atoms with Crippen molar-refractivity contribution >= 4 is 11.6 Å². The molecule has 0 aliphatic carbocycles. The van der Waals surface area contributed by atoms with Gasteiger partial charge in [-0.25, -0.2) is 9.20 Å². The molecule has 0 spiro atoms. The quantitative estimate of drug-likeness (QED) is 0.640. The zero-order valence-corrected chi connectivity index (χ0v) is 13.2. The van der Waals surface area contributed by atoms with Crippen molar-refractivity contribution in [1.29, 1.82) is 0 Å². The molecule has 2 atom stereocenters. The summed E-state index contributed by atoms with van der Waals surface area (Å²) in [4.78, 5) is 14.9. The average molecular weight is 327 g/mol. The van der Waals surface area contributed by atoms with Gasteiger partial charge in [-0.2, -0.15) is 5.10 Å². The second kappa shape index (κ2) is 4.91. The zero-order valence-electron chi connectivity index (χ0n) is 13.2. The van der Waals surface area contributed by atoms with Gasteiger partial charge in [0.15, 0.2) is 0 Å². The fraction of sp³-hybridized carbons (Fsp3) is 0.467. The van der Waals surface area contributed by atoms with E-state index in [1.165, 1.54) is 0 Å². The number of amides is 1. The molecular weight excluding hydrogens is 310 g/mol. The maximum absolute atomic E-state index is 13.0. The van der Waals surface area contributed by atoms with E-state index in [0.29, 0.717) is 25.3 Å². The standard InChI is InChI=1S/C15H17N7O2/c1-19-4-5-21-14(19)11(7-17-21)15(23)20-3-2-13-12(8-20)22-10(9-24-13)6-16-18-22/h4-7,12-13H,2-3,8-9H2,1H3/t12-,13+/m0/s1. The molecule has 24 heavy (non-hydrogen) atoms. The molecule has 9 heteroatoms. The minimum absolute atomic E-state index is 0.00233. The minimum Gasteiger partial charge on any atom is -0.370 e. The molecule has 3 aromatic heterocycles. The summed E-state index contributed by atoms with van der Waals surface area (Å²) in [6.45, 7) is 1.78. The summed E-state index contributed by atoms with van der Waals surface area (Å²) in [6.07, 6.45) is 7.99. The van der Waals surface area contributed by atoms with Gasteiger partial charge >= 0.3 is 0 Å². The van der Waals surface area contributed by atoms with E-state index in [4.69, 9.17) is 4.74 Å². The van der Waals surface area contributed by atoms with E-state index >= 15 is 0 Å². The number of nitrogens with zero attached hydrogens (tertiary/aromatic N) is 7. The minimum atomic E-state index is -0.00233. The summed E-state index contributed by atoms with van der Waals surface area (Å²) >= 11 is 0. The molecule has 1 fully saturated rings. The molecule has 5 rings (SSSR count). The van der Waals surface area contributed by atoms with E-state index in [1.54, 1.807) is 16.9 Å². The van der Waals surface area contributed by atoms with Crippen molar-refractivity contribution in [2.24, 2.45) is 7.05 Å². The Bertz CT molecular complexity index is 923. The van der Waals surface area contributed by atoms with Crippen molar-refractivity contribution in [2.75, 3.05) is 13.1 Å². The van der Waals surface area contributed by atoms with Crippen LogP contribution in [0.5, 0.6) is 0 Å². The number of carbonyl (C=O) groups is 1. The number of ether oxygens (including phenoxy) is 1. The van der Waals surface area contributed by atoms with Crippen LogP contribution in [-0.2, 0) is 18.4 Å². The van der Waals surface area contributed by atoms with Gasteiger partial charge in [-0.3, -0.25) is 4.79 Å². The summed E-state index contributed by atoms with van der Waals surface area (Å²) in [6, 6.07) is 0.0217. The van der Waals surface area contributed by atoms with E-state index < -0.39 is 0 Å². The van der Waals surface area contributed by atoms with Gasteiger partial charge < -0.3 is 14.2 Å². The fourth-order valence-electron chi connectivity index (χ4n) is 3.74. The predicted octanol–water partition coefficient (Wildman–Crippen LogP) is 0.250. The van der Waals surface area contributed by atoms with E-state index in [9.17, 15) is 4.79 Å². The molecule has 1 saturated heterocycles. The number of fused-ring (bicyclic) bond motifs is 4. The number of hydrogen-bond acceptors (Lipinski definition) is 5. The molecule has 124 valence electrons. The molecule has 0 radical (unpaired) electrons. The van der Waals surface area contributed by atoms with Gasteiger partial charge in [0.2, 0.25) is 0 Å². The molecule has 2 aliphatic heterocycles. The number of rotatable bonds is 1. The average Bonchev–Trinajstić information content (AvgIpc) is 3.31. The van der Waals surface area contributed by atoms with Crippen LogP contribution in [0.15, 0.2) is 24.8 Å². The summed E-state index contributed by atoms with van der Waals surface area (Å²) in [7, 11) is 1.91. The highest BCUT2D eigenvalue weighted by Gasteiger charge is 2.38. The van der Waals surface area contributed by atoms with Gasteiger partial charge in [-0.05, 0) is 6.42 Å². The highest BCUT2D eigenvalue weighted by molar-refractivity contribution is 5.99. The molecule has 9 nitrogen and oxygen atoms in total. The molecule has 0 bridgehead atoms. The maximum atomic E-state index is 13.0. The Morgan fingerprint density at radius 2 is 2.25 bits per heavy atom. The van der Waals surface area contributed by atoms with Crippen molar-refractivity contribution in [3.63, 3.8) is 0 Å². The third-order valence-electron chi connectivity index (χ3n) is 4.98. The fourth-order valence-corrected chi connectivity index (χ4v) is 3.74. The SMILES string of the molecule is Cn1ccn2ncc(C(=O)N3CC[C@H]4OCc5cnnn5[C@H]4C3)c12. The number of imidazole rings is 1. The van der Waals surface area contributed by atoms with Crippen LogP contribution in [-0.4, -0.2) is 59.2 Å². The van der Waals surface area contributed by atoms with Crippen molar-refractivity contribution in [1.82, 2.24) is 34.1 Å². The summed E-state index contributed by atoms with van der Waals surface area (Å²) < 4.78 is 11.4. The first-order valence-corrected chi connectivity index (χ1v) is 8.01. The molecular formula is C15H17N7O2. The Kier molecular flexibility index (Phi) is 2.81. The lowest BCUT2D eigenvalue weighted by Crippen LogP contribution is -2.49. The highest BCUT2D eigenvalue weighted by atomic mass is 16.5. The first kappa shape index (κ1) is 13.7. The van der Waals surface area contributed by atoms with Crippen LogP contribution in [0.25, 0.3) is 5.65 Å². The largest absolute Gasteiger partial charge is 0.370 e. The van der Waals surface area contributed by atoms with Crippen molar-refractivity contribution < 1.29 is 9.53 Å². The summed E-state index contributed by atoms with van der Waals surface area (Å²) in [5.41, 5.74) is 2.39. The predicted molar refractivity (Wildman–Crippen MR) is 82.3 cm³/mol. The lowest BCUT2D eigenvalue weighted by molar-refractivity contribution is -0.0604. The lowest BCUT2D eigenvalue weighted by Gasteiger charge is -2.40. The highest BCUT2D eigenvalue weighted by Crippen LogP contribution is 2.30. The smallest absolute Gasteiger partial charge is 0.259 e. The summed E-state index contributed by atoms with van der Waals surface area (Å²) in [5.74, 6) is -0.00233. The molecule has 0 N–H and O–H groups in total. The Hall–Kier alpha value is -2.68. The number of aromatic nitrogens is 6. The van der Waals surface area contributed by atoms with Crippen LogP contribution in [0.2, 0.25) is 0 Å². The molecule has 1 amide bonds. The first-order valence-electron chi connectivity index (χ1n) is 8.01. The lowest BCUT2D eigenvalue weighted by atomic mass is 10.00.